The Bertz CT molecular complexity index is 746. The lowest BCUT2D eigenvalue weighted by atomic mass is 9.60. The number of nitrogens with one attached hydrogen (secondary N) is 1. The Hall–Kier alpha value is -2.36. The molecule has 0 radical (unpaired) electrons. The summed E-state index contributed by atoms with van der Waals surface area (Å²) in [5.74, 6) is 3.37. The molecule has 2 saturated carbocycles. The molecule has 2 aromatic rings. The molecule has 0 amide bonds. The summed E-state index contributed by atoms with van der Waals surface area (Å²) in [5.41, 5.74) is 15.1. The summed E-state index contributed by atoms with van der Waals surface area (Å²) in [7, 11) is 0. The van der Waals surface area contributed by atoms with Crippen molar-refractivity contribution in [3.8, 4) is 11.5 Å². The minimum atomic E-state index is 0.313. The molecule has 2 aliphatic carbocycles. The molecule has 0 heterocycles. The van der Waals surface area contributed by atoms with Crippen LogP contribution in [0.5, 0.6) is 11.5 Å². The minimum Gasteiger partial charge on any atom is -0.699 e. The maximum Gasteiger partial charge on any atom is 0.119 e. The van der Waals surface area contributed by atoms with Gasteiger partial charge in [-0.05, 0) is 105 Å². The van der Waals surface area contributed by atoms with Crippen molar-refractivity contribution >= 4 is 11.4 Å². The molecule has 2 aromatic carbocycles. The van der Waals surface area contributed by atoms with Crippen LogP contribution >= 0.6 is 0 Å². The Morgan fingerprint density at radius 2 is 1.06 bits per heavy atom. The molecule has 0 aromatic heterocycles. The average molecular weight is 422 g/mol. The number of hydrogen-bond donors (Lipinski definition) is 1. The van der Waals surface area contributed by atoms with Crippen molar-refractivity contribution in [2.75, 3.05) is 5.73 Å². The predicted molar refractivity (Wildman–Crippen MR) is 128 cm³/mol. The van der Waals surface area contributed by atoms with Gasteiger partial charge < -0.3 is 20.9 Å². The van der Waals surface area contributed by atoms with E-state index in [1.165, 1.54) is 25.7 Å². The third kappa shape index (κ3) is 5.47. The van der Waals surface area contributed by atoms with Gasteiger partial charge in [-0.1, -0.05) is 26.0 Å². The van der Waals surface area contributed by atoms with Crippen molar-refractivity contribution in [3.63, 3.8) is 0 Å². The van der Waals surface area contributed by atoms with Crippen molar-refractivity contribution in [2.24, 2.45) is 17.3 Å². The highest BCUT2D eigenvalue weighted by molar-refractivity contribution is 5.45. The molecule has 4 heteroatoms. The fourth-order valence-electron chi connectivity index (χ4n) is 5.65. The van der Waals surface area contributed by atoms with Crippen LogP contribution in [0, 0.1) is 17.3 Å². The highest BCUT2D eigenvalue weighted by Crippen LogP contribution is 2.49. The summed E-state index contributed by atoms with van der Waals surface area (Å²) in [5, 5.41) is 0. The van der Waals surface area contributed by atoms with Gasteiger partial charge in [-0.15, -0.1) is 5.69 Å². The first-order chi connectivity index (χ1) is 14.9. The third-order valence-corrected chi connectivity index (χ3v) is 7.79. The van der Waals surface area contributed by atoms with E-state index in [1.807, 2.05) is 36.4 Å². The second kappa shape index (κ2) is 9.42. The standard InChI is InChI=1S/C27H37N2O2/c1-27(2,19-3-11-23(12-4-19)30-25-15-7-21(28)8-16-25)20-5-13-24(14-6-20)31-26-17-9-22(29)10-18-26/h7-10,15-20,23-24,28H,3-6,11-14,29H2,1-2H3/q-1. The van der Waals surface area contributed by atoms with Crippen LogP contribution < -0.4 is 15.2 Å². The molecule has 0 unspecified atom stereocenters. The summed E-state index contributed by atoms with van der Waals surface area (Å²) >= 11 is 0. The number of nitrogens with two attached hydrogens (primary N) is 1. The highest BCUT2D eigenvalue weighted by atomic mass is 16.5. The summed E-state index contributed by atoms with van der Waals surface area (Å²) in [6, 6.07) is 15.2. The van der Waals surface area contributed by atoms with Gasteiger partial charge in [0.05, 0.1) is 12.2 Å². The van der Waals surface area contributed by atoms with E-state index < -0.39 is 0 Å². The molecule has 0 bridgehead atoms. The van der Waals surface area contributed by atoms with Crippen LogP contribution in [0.15, 0.2) is 48.5 Å². The molecule has 0 saturated heterocycles. The maximum absolute atomic E-state index is 7.61. The normalized spacial score (nSPS) is 26.9. The first kappa shape index (κ1) is 21.9. The molecule has 3 N–H and O–H groups in total. The first-order valence-electron chi connectivity index (χ1n) is 11.9. The van der Waals surface area contributed by atoms with E-state index in [9.17, 15) is 0 Å². The molecule has 4 rings (SSSR count). The molecular formula is C27H37N2O2-. The summed E-state index contributed by atoms with van der Waals surface area (Å²) in [4.78, 5) is 0. The zero-order valence-electron chi connectivity index (χ0n) is 19.0. The second-order valence-electron chi connectivity index (χ2n) is 10.1. The molecule has 0 atom stereocenters. The molecule has 2 fully saturated rings. The van der Waals surface area contributed by atoms with Crippen LogP contribution in [0.4, 0.5) is 11.4 Å². The van der Waals surface area contributed by atoms with Crippen LogP contribution in [0.1, 0.15) is 65.2 Å². The molecule has 168 valence electrons. The summed E-state index contributed by atoms with van der Waals surface area (Å²) in [6.07, 6.45) is 10.2. The Labute approximate surface area is 187 Å². The van der Waals surface area contributed by atoms with Crippen molar-refractivity contribution in [1.29, 1.82) is 0 Å². The van der Waals surface area contributed by atoms with Gasteiger partial charge in [0.15, 0.2) is 0 Å². The monoisotopic (exact) mass is 421 g/mol. The lowest BCUT2D eigenvalue weighted by Crippen LogP contribution is -2.39. The van der Waals surface area contributed by atoms with Crippen molar-refractivity contribution in [2.45, 2.75) is 77.4 Å². The van der Waals surface area contributed by atoms with Crippen molar-refractivity contribution < 1.29 is 9.47 Å². The number of hydrogen-bond acceptors (Lipinski definition) is 3. The second-order valence-corrected chi connectivity index (χ2v) is 10.1. The summed E-state index contributed by atoms with van der Waals surface area (Å²) < 4.78 is 12.4. The van der Waals surface area contributed by atoms with Crippen LogP contribution in [-0.4, -0.2) is 12.2 Å². The topological polar surface area (TPSA) is 68.3 Å². The summed E-state index contributed by atoms with van der Waals surface area (Å²) in [6.45, 7) is 5.00. The van der Waals surface area contributed by atoms with E-state index >= 15 is 0 Å². The largest absolute Gasteiger partial charge is 0.699 e. The van der Waals surface area contributed by atoms with Gasteiger partial charge >= 0.3 is 0 Å². The number of nitrogen functional groups attached to an aromatic ring is 1. The molecule has 0 aliphatic heterocycles. The van der Waals surface area contributed by atoms with Crippen LogP contribution in [0.2, 0.25) is 0 Å². The lowest BCUT2D eigenvalue weighted by Gasteiger charge is -2.46. The number of benzene rings is 2. The fraction of sp³-hybridized carbons (Fsp3) is 0.556. The molecule has 2 aliphatic rings. The molecule has 4 nitrogen and oxygen atoms in total. The number of rotatable bonds is 6. The fourth-order valence-corrected chi connectivity index (χ4v) is 5.65. The van der Waals surface area contributed by atoms with E-state index in [0.717, 1.165) is 54.7 Å². The van der Waals surface area contributed by atoms with Gasteiger partial charge in [0.25, 0.3) is 0 Å². The average Bonchev–Trinajstić information content (AvgIpc) is 2.78. The minimum absolute atomic E-state index is 0.313. The van der Waals surface area contributed by atoms with E-state index in [0.29, 0.717) is 23.3 Å². The quantitative estimate of drug-likeness (QED) is 0.489. The van der Waals surface area contributed by atoms with E-state index in [2.05, 4.69) is 13.8 Å². The Morgan fingerprint density at radius 1 is 0.677 bits per heavy atom. The van der Waals surface area contributed by atoms with E-state index in [-0.39, 0.29) is 0 Å². The van der Waals surface area contributed by atoms with Gasteiger partial charge in [0.1, 0.15) is 11.5 Å². The van der Waals surface area contributed by atoms with Crippen LogP contribution in [0.25, 0.3) is 5.73 Å². The Kier molecular flexibility index (Phi) is 6.64. The Balaban J connectivity index is 1.24. The molecule has 31 heavy (non-hydrogen) atoms. The lowest BCUT2D eigenvalue weighted by molar-refractivity contribution is 0.0112. The van der Waals surface area contributed by atoms with Crippen LogP contribution in [0.3, 0.4) is 0 Å². The van der Waals surface area contributed by atoms with Crippen LogP contribution in [-0.2, 0) is 0 Å². The van der Waals surface area contributed by atoms with Gasteiger partial charge in [0.2, 0.25) is 0 Å². The molecule has 0 spiro atoms. The van der Waals surface area contributed by atoms with E-state index in [1.54, 1.807) is 12.1 Å². The van der Waals surface area contributed by atoms with Gasteiger partial charge in [-0.25, -0.2) is 0 Å². The predicted octanol–water partition coefficient (Wildman–Crippen LogP) is 7.55. The molecular weight excluding hydrogens is 384 g/mol. The third-order valence-electron chi connectivity index (χ3n) is 7.79. The van der Waals surface area contributed by atoms with Gasteiger partial charge in [-0.2, -0.15) is 0 Å². The van der Waals surface area contributed by atoms with Gasteiger partial charge in [0, 0.05) is 5.69 Å². The SMILES string of the molecule is CC(C)(C1CCC(Oc2ccc([NH-])cc2)CC1)C1CCC(Oc2ccc(N)cc2)CC1. The number of ether oxygens (including phenoxy) is 2. The van der Waals surface area contributed by atoms with Crippen molar-refractivity contribution in [3.05, 3.63) is 54.3 Å². The Morgan fingerprint density at radius 3 is 1.48 bits per heavy atom. The first-order valence-corrected chi connectivity index (χ1v) is 11.9. The zero-order chi connectivity index (χ0) is 21.8. The number of anilines is 1. The maximum atomic E-state index is 7.61. The highest BCUT2D eigenvalue weighted by Gasteiger charge is 2.41. The zero-order valence-corrected chi connectivity index (χ0v) is 19.0. The van der Waals surface area contributed by atoms with Crippen molar-refractivity contribution in [1.82, 2.24) is 0 Å². The van der Waals surface area contributed by atoms with E-state index in [4.69, 9.17) is 20.9 Å². The smallest absolute Gasteiger partial charge is 0.119 e. The van der Waals surface area contributed by atoms with Gasteiger partial charge in [-0.3, -0.25) is 0 Å².